The molecule has 2 aromatic rings. The molecule has 0 unspecified atom stereocenters. The molecule has 102 valence electrons. The van der Waals surface area contributed by atoms with E-state index < -0.39 is 9.84 Å². The molecule has 0 atom stereocenters. The highest BCUT2D eigenvalue weighted by atomic mass is 32.2. The molecule has 0 bridgehead atoms. The van der Waals surface area contributed by atoms with Gasteiger partial charge in [0.05, 0.1) is 22.9 Å². The third-order valence-corrected chi connectivity index (χ3v) is 5.04. The topological polar surface area (TPSA) is 69.4 Å². The van der Waals surface area contributed by atoms with Gasteiger partial charge in [-0.2, -0.15) is 11.3 Å². The molecule has 0 saturated carbocycles. The van der Waals surface area contributed by atoms with Crippen LogP contribution >= 0.6 is 11.3 Å². The lowest BCUT2D eigenvalue weighted by Gasteiger charge is -2.09. The fourth-order valence-corrected chi connectivity index (χ4v) is 3.98. The Hall–Kier alpha value is -1.53. The van der Waals surface area contributed by atoms with Crippen LogP contribution in [0.2, 0.25) is 0 Å². The van der Waals surface area contributed by atoms with E-state index in [1.165, 1.54) is 17.4 Å². The Bertz CT molecular complexity index is 649. The van der Waals surface area contributed by atoms with Crippen LogP contribution < -0.4 is 10.5 Å². The lowest BCUT2D eigenvalue weighted by atomic mass is 10.3. The molecule has 0 amide bonds. The van der Waals surface area contributed by atoms with Crippen LogP contribution in [0, 0.1) is 0 Å². The highest BCUT2D eigenvalue weighted by Crippen LogP contribution is 2.27. The van der Waals surface area contributed by atoms with Crippen molar-refractivity contribution in [3.05, 3.63) is 40.6 Å². The summed E-state index contributed by atoms with van der Waals surface area (Å²) < 4.78 is 30.0. The van der Waals surface area contributed by atoms with Gasteiger partial charge in [-0.1, -0.05) is 0 Å². The van der Waals surface area contributed by atoms with Crippen molar-refractivity contribution in [2.75, 3.05) is 12.3 Å². The Morgan fingerprint density at radius 3 is 2.74 bits per heavy atom. The van der Waals surface area contributed by atoms with Crippen molar-refractivity contribution in [1.29, 1.82) is 0 Å². The molecule has 1 heterocycles. The second-order valence-electron chi connectivity index (χ2n) is 4.02. The average molecular weight is 297 g/mol. The van der Waals surface area contributed by atoms with Gasteiger partial charge in [-0.25, -0.2) is 8.42 Å². The molecule has 19 heavy (non-hydrogen) atoms. The van der Waals surface area contributed by atoms with E-state index in [9.17, 15) is 8.42 Å². The van der Waals surface area contributed by atoms with Gasteiger partial charge in [-0.05, 0) is 41.4 Å². The summed E-state index contributed by atoms with van der Waals surface area (Å²) in [5, 5.41) is 3.67. The number of ether oxygens (including phenoxy) is 1. The summed E-state index contributed by atoms with van der Waals surface area (Å²) in [5.41, 5.74) is 6.79. The van der Waals surface area contributed by atoms with Gasteiger partial charge in [-0.15, -0.1) is 0 Å². The summed E-state index contributed by atoms with van der Waals surface area (Å²) >= 11 is 1.47. The number of hydrogen-bond acceptors (Lipinski definition) is 5. The van der Waals surface area contributed by atoms with Crippen molar-refractivity contribution in [3.63, 3.8) is 0 Å². The van der Waals surface area contributed by atoms with Crippen molar-refractivity contribution in [2.24, 2.45) is 0 Å². The van der Waals surface area contributed by atoms with Crippen LogP contribution in [0.1, 0.15) is 12.5 Å². The minimum Gasteiger partial charge on any atom is -0.494 e. The standard InChI is InChI=1S/C13H15NO3S2/c1-2-17-11-3-4-12(14)13(7-11)19(15,16)9-10-5-6-18-8-10/h3-8H,2,9,14H2,1H3. The SMILES string of the molecule is CCOc1ccc(N)c(S(=O)(=O)Cc2ccsc2)c1. The van der Waals surface area contributed by atoms with E-state index in [1.54, 1.807) is 18.2 Å². The first-order valence-electron chi connectivity index (χ1n) is 5.79. The largest absolute Gasteiger partial charge is 0.494 e. The number of nitrogens with two attached hydrogens (primary N) is 1. The molecule has 0 spiro atoms. The van der Waals surface area contributed by atoms with Gasteiger partial charge in [0.25, 0.3) is 0 Å². The molecular formula is C13H15NO3S2. The molecule has 0 aliphatic carbocycles. The lowest BCUT2D eigenvalue weighted by molar-refractivity contribution is 0.339. The van der Waals surface area contributed by atoms with Gasteiger partial charge in [0, 0.05) is 6.07 Å². The van der Waals surface area contributed by atoms with Crippen LogP contribution in [0.5, 0.6) is 5.75 Å². The van der Waals surface area contributed by atoms with Gasteiger partial charge < -0.3 is 10.5 Å². The number of sulfone groups is 1. The minimum absolute atomic E-state index is 0.0454. The molecule has 6 heteroatoms. The van der Waals surface area contributed by atoms with Gasteiger partial charge in [0.1, 0.15) is 5.75 Å². The number of rotatable bonds is 5. The lowest BCUT2D eigenvalue weighted by Crippen LogP contribution is -2.08. The van der Waals surface area contributed by atoms with Crippen molar-refractivity contribution in [2.45, 2.75) is 17.6 Å². The molecular weight excluding hydrogens is 282 g/mol. The van der Waals surface area contributed by atoms with Crippen LogP contribution in [0.3, 0.4) is 0 Å². The number of anilines is 1. The van der Waals surface area contributed by atoms with Gasteiger partial charge in [0.15, 0.2) is 9.84 Å². The van der Waals surface area contributed by atoms with Crippen molar-refractivity contribution in [3.8, 4) is 5.75 Å². The fraction of sp³-hybridized carbons (Fsp3) is 0.231. The molecule has 2 rings (SSSR count). The molecule has 1 aromatic carbocycles. The Labute approximate surface area is 116 Å². The zero-order valence-corrected chi connectivity index (χ0v) is 12.1. The molecule has 0 fully saturated rings. The van der Waals surface area contributed by atoms with Gasteiger partial charge >= 0.3 is 0 Å². The number of benzene rings is 1. The summed E-state index contributed by atoms with van der Waals surface area (Å²) in [6, 6.07) is 6.51. The quantitative estimate of drug-likeness (QED) is 0.861. The number of thiophene rings is 1. The number of nitrogen functional groups attached to an aromatic ring is 1. The summed E-state index contributed by atoms with van der Waals surface area (Å²) in [6.45, 7) is 2.32. The Morgan fingerprint density at radius 1 is 1.32 bits per heavy atom. The second-order valence-corrected chi connectivity index (χ2v) is 6.76. The van der Waals surface area contributed by atoms with E-state index in [4.69, 9.17) is 10.5 Å². The van der Waals surface area contributed by atoms with Crippen LogP contribution in [0.15, 0.2) is 39.9 Å². The Balaban J connectivity index is 2.36. The van der Waals surface area contributed by atoms with E-state index in [-0.39, 0.29) is 16.3 Å². The van der Waals surface area contributed by atoms with E-state index in [0.29, 0.717) is 12.4 Å². The van der Waals surface area contributed by atoms with Crippen molar-refractivity contribution >= 4 is 26.9 Å². The van der Waals surface area contributed by atoms with Gasteiger partial charge in [-0.3, -0.25) is 0 Å². The van der Waals surface area contributed by atoms with Crippen molar-refractivity contribution < 1.29 is 13.2 Å². The Kier molecular flexibility index (Phi) is 4.11. The molecule has 0 aliphatic rings. The van der Waals surface area contributed by atoms with E-state index in [1.807, 2.05) is 17.7 Å². The smallest absolute Gasteiger partial charge is 0.184 e. The summed E-state index contributed by atoms with van der Waals surface area (Å²) in [5.74, 6) is 0.469. The van der Waals surface area contributed by atoms with Crippen molar-refractivity contribution in [1.82, 2.24) is 0 Å². The van der Waals surface area contributed by atoms with E-state index in [2.05, 4.69) is 0 Å². The maximum atomic E-state index is 12.3. The molecule has 0 radical (unpaired) electrons. The van der Waals surface area contributed by atoms with E-state index in [0.717, 1.165) is 5.56 Å². The maximum absolute atomic E-state index is 12.3. The fourth-order valence-electron chi connectivity index (χ4n) is 1.71. The zero-order chi connectivity index (χ0) is 13.9. The highest BCUT2D eigenvalue weighted by molar-refractivity contribution is 7.90. The summed E-state index contributed by atoms with van der Waals surface area (Å²) in [4.78, 5) is 0.129. The summed E-state index contributed by atoms with van der Waals surface area (Å²) in [6.07, 6.45) is 0. The first kappa shape index (κ1) is 13.9. The third kappa shape index (κ3) is 3.27. The maximum Gasteiger partial charge on any atom is 0.184 e. The first-order valence-corrected chi connectivity index (χ1v) is 8.38. The van der Waals surface area contributed by atoms with Crippen LogP contribution in [0.25, 0.3) is 0 Å². The number of hydrogen-bond donors (Lipinski definition) is 1. The highest BCUT2D eigenvalue weighted by Gasteiger charge is 2.19. The second kappa shape index (κ2) is 5.63. The van der Waals surface area contributed by atoms with E-state index >= 15 is 0 Å². The first-order chi connectivity index (χ1) is 9.03. The van der Waals surface area contributed by atoms with Crippen LogP contribution in [0.4, 0.5) is 5.69 Å². The molecule has 0 saturated heterocycles. The monoisotopic (exact) mass is 297 g/mol. The zero-order valence-electron chi connectivity index (χ0n) is 10.5. The summed E-state index contributed by atoms with van der Waals surface area (Å²) in [7, 11) is -3.45. The van der Waals surface area contributed by atoms with Crippen LogP contribution in [-0.4, -0.2) is 15.0 Å². The Morgan fingerprint density at radius 2 is 2.11 bits per heavy atom. The third-order valence-electron chi connectivity index (χ3n) is 2.57. The molecule has 4 nitrogen and oxygen atoms in total. The minimum atomic E-state index is -3.45. The molecule has 0 aliphatic heterocycles. The normalized spacial score (nSPS) is 11.4. The van der Waals surface area contributed by atoms with Crippen LogP contribution in [-0.2, 0) is 15.6 Å². The predicted octanol–water partition coefficient (Wildman–Crippen LogP) is 2.70. The molecule has 2 N–H and O–H groups in total. The molecule has 1 aromatic heterocycles. The van der Waals surface area contributed by atoms with Gasteiger partial charge in [0.2, 0.25) is 0 Å². The predicted molar refractivity (Wildman–Crippen MR) is 77.2 cm³/mol. The average Bonchev–Trinajstić information content (AvgIpc) is 2.84.